The van der Waals surface area contributed by atoms with Gasteiger partial charge in [-0.05, 0) is 42.8 Å². The van der Waals surface area contributed by atoms with Gasteiger partial charge in [0.05, 0.1) is 6.10 Å². The Hall–Kier alpha value is -1.59. The van der Waals surface area contributed by atoms with Gasteiger partial charge in [0, 0.05) is 22.6 Å². The van der Waals surface area contributed by atoms with Crippen molar-refractivity contribution in [3.8, 4) is 0 Å². The number of nitrogens with one attached hydrogen (secondary N) is 1. The van der Waals surface area contributed by atoms with Crippen molar-refractivity contribution in [2.24, 2.45) is 0 Å². The largest absolute Gasteiger partial charge is 0.389 e. The fourth-order valence-electron chi connectivity index (χ4n) is 1.70. The number of anilines is 1. The zero-order chi connectivity index (χ0) is 13.8. The Kier molecular flexibility index (Phi) is 4.39. The van der Waals surface area contributed by atoms with Crippen molar-refractivity contribution < 1.29 is 9.90 Å². The molecule has 2 rings (SSSR count). The van der Waals surface area contributed by atoms with E-state index >= 15 is 0 Å². The molecule has 0 spiro atoms. The number of carbonyl (C=O) groups is 1. The highest BCUT2D eigenvalue weighted by atomic mass is 79.9. The summed E-state index contributed by atoms with van der Waals surface area (Å²) in [6.45, 7) is 1.92. The van der Waals surface area contributed by atoms with Crippen LogP contribution in [-0.2, 0) is 11.3 Å². The molecule has 100 valence electrons. The van der Waals surface area contributed by atoms with Crippen molar-refractivity contribution in [3.63, 3.8) is 0 Å². The molecule has 1 aromatic heterocycles. The third-order valence-electron chi connectivity index (χ3n) is 2.71. The van der Waals surface area contributed by atoms with Crippen LogP contribution in [0.1, 0.15) is 18.6 Å². The van der Waals surface area contributed by atoms with Crippen LogP contribution in [0.5, 0.6) is 0 Å². The quantitative estimate of drug-likeness (QED) is 0.909. The number of aliphatic hydroxyl groups is 1. The minimum absolute atomic E-state index is 0.102. The minimum atomic E-state index is -0.518. The van der Waals surface area contributed by atoms with Gasteiger partial charge in [-0.15, -0.1) is 0 Å². The van der Waals surface area contributed by atoms with Gasteiger partial charge in [0.15, 0.2) is 0 Å². The van der Waals surface area contributed by atoms with Gasteiger partial charge in [0.25, 0.3) is 0 Å². The Morgan fingerprint density at radius 2 is 2.05 bits per heavy atom. The number of rotatable bonds is 4. The maximum Gasteiger partial charge on any atom is 0.244 e. The van der Waals surface area contributed by atoms with Gasteiger partial charge in [-0.3, -0.25) is 4.79 Å². The highest BCUT2D eigenvalue weighted by Crippen LogP contribution is 2.15. The summed E-state index contributed by atoms with van der Waals surface area (Å²) in [5.74, 6) is -0.102. The number of aromatic nitrogens is 1. The summed E-state index contributed by atoms with van der Waals surface area (Å²) < 4.78 is 2.72. The average Bonchev–Trinajstić information content (AvgIpc) is 2.80. The Labute approximate surface area is 120 Å². The molecular weight excluding hydrogens is 308 g/mol. The minimum Gasteiger partial charge on any atom is -0.389 e. The summed E-state index contributed by atoms with van der Waals surface area (Å²) in [7, 11) is 0. The third-order valence-corrected chi connectivity index (χ3v) is 3.24. The van der Waals surface area contributed by atoms with Crippen LogP contribution in [0.2, 0.25) is 0 Å². The molecule has 5 heteroatoms. The fraction of sp³-hybridized carbons (Fsp3) is 0.214. The van der Waals surface area contributed by atoms with E-state index in [0.717, 1.165) is 15.7 Å². The van der Waals surface area contributed by atoms with Crippen LogP contribution >= 0.6 is 15.9 Å². The average molecular weight is 323 g/mol. The Morgan fingerprint density at radius 3 is 2.63 bits per heavy atom. The van der Waals surface area contributed by atoms with Crippen molar-refractivity contribution in [2.45, 2.75) is 19.6 Å². The summed E-state index contributed by atoms with van der Waals surface area (Å²) in [5, 5.41) is 12.2. The van der Waals surface area contributed by atoms with E-state index in [1.54, 1.807) is 30.0 Å². The Morgan fingerprint density at radius 1 is 1.37 bits per heavy atom. The number of nitrogens with zero attached hydrogens (tertiary/aromatic N) is 1. The van der Waals surface area contributed by atoms with E-state index in [4.69, 9.17) is 0 Å². The lowest BCUT2D eigenvalue weighted by Crippen LogP contribution is -2.17. The van der Waals surface area contributed by atoms with E-state index in [2.05, 4.69) is 21.2 Å². The molecule has 1 heterocycles. The van der Waals surface area contributed by atoms with Gasteiger partial charge in [0.1, 0.15) is 6.54 Å². The molecule has 2 aromatic rings. The zero-order valence-electron chi connectivity index (χ0n) is 10.5. The number of carbonyl (C=O) groups excluding carboxylic acids is 1. The van der Waals surface area contributed by atoms with Crippen LogP contribution in [0.25, 0.3) is 0 Å². The van der Waals surface area contributed by atoms with Crippen molar-refractivity contribution >= 4 is 27.5 Å². The summed E-state index contributed by atoms with van der Waals surface area (Å²) in [6, 6.07) is 9.21. The van der Waals surface area contributed by atoms with E-state index in [-0.39, 0.29) is 12.5 Å². The first-order valence-electron chi connectivity index (χ1n) is 5.94. The molecule has 4 nitrogen and oxygen atoms in total. The number of hydrogen-bond acceptors (Lipinski definition) is 2. The number of amides is 1. The summed E-state index contributed by atoms with van der Waals surface area (Å²) in [4.78, 5) is 11.8. The zero-order valence-corrected chi connectivity index (χ0v) is 12.1. The molecule has 0 aliphatic heterocycles. The van der Waals surface area contributed by atoms with Crippen LogP contribution in [0, 0.1) is 0 Å². The van der Waals surface area contributed by atoms with E-state index in [1.807, 2.05) is 24.3 Å². The van der Waals surface area contributed by atoms with Crippen molar-refractivity contribution in [1.82, 2.24) is 4.57 Å². The second kappa shape index (κ2) is 6.04. The van der Waals surface area contributed by atoms with Crippen LogP contribution in [0.4, 0.5) is 5.69 Å². The van der Waals surface area contributed by atoms with Gasteiger partial charge in [0.2, 0.25) is 5.91 Å². The van der Waals surface area contributed by atoms with Gasteiger partial charge >= 0.3 is 0 Å². The number of halogens is 1. The Balaban J connectivity index is 1.95. The molecule has 2 N–H and O–H groups in total. The summed E-state index contributed by atoms with van der Waals surface area (Å²) >= 11 is 3.34. The molecule has 0 bridgehead atoms. The molecular formula is C14H15BrN2O2. The second-order valence-corrected chi connectivity index (χ2v) is 5.26. The number of aliphatic hydroxyl groups excluding tert-OH is 1. The highest BCUT2D eigenvalue weighted by molar-refractivity contribution is 9.10. The second-order valence-electron chi connectivity index (χ2n) is 4.35. The van der Waals surface area contributed by atoms with E-state index < -0.39 is 6.10 Å². The van der Waals surface area contributed by atoms with Crippen molar-refractivity contribution in [1.29, 1.82) is 0 Å². The highest BCUT2D eigenvalue weighted by Gasteiger charge is 2.06. The lowest BCUT2D eigenvalue weighted by molar-refractivity contribution is -0.116. The predicted octanol–water partition coefficient (Wildman–Crippen LogP) is 2.94. The third kappa shape index (κ3) is 3.94. The predicted molar refractivity (Wildman–Crippen MR) is 77.8 cm³/mol. The normalized spacial score (nSPS) is 12.2. The maximum atomic E-state index is 11.8. The maximum absolute atomic E-state index is 11.8. The molecule has 0 saturated carbocycles. The standard InChI is InChI=1S/C14H15BrN2O2/c1-10(18)11-6-7-17(8-11)9-14(19)16-13-4-2-12(15)3-5-13/h2-8,10,18H,9H2,1H3,(H,16,19). The number of benzene rings is 1. The molecule has 1 unspecified atom stereocenters. The van der Waals surface area contributed by atoms with Crippen LogP contribution < -0.4 is 5.32 Å². The van der Waals surface area contributed by atoms with Gasteiger partial charge in [-0.1, -0.05) is 15.9 Å². The van der Waals surface area contributed by atoms with Crippen molar-refractivity contribution in [3.05, 3.63) is 52.8 Å². The van der Waals surface area contributed by atoms with E-state index in [9.17, 15) is 9.90 Å². The monoisotopic (exact) mass is 322 g/mol. The summed E-state index contributed by atoms with van der Waals surface area (Å²) in [5.41, 5.74) is 1.56. The molecule has 0 radical (unpaired) electrons. The number of hydrogen-bond donors (Lipinski definition) is 2. The van der Waals surface area contributed by atoms with Gasteiger partial charge in [-0.25, -0.2) is 0 Å². The molecule has 0 aliphatic rings. The van der Waals surface area contributed by atoms with E-state index in [0.29, 0.717) is 0 Å². The molecule has 1 amide bonds. The van der Waals surface area contributed by atoms with Crippen molar-refractivity contribution in [2.75, 3.05) is 5.32 Å². The van der Waals surface area contributed by atoms with Crippen LogP contribution in [0.15, 0.2) is 47.2 Å². The molecule has 0 saturated heterocycles. The van der Waals surface area contributed by atoms with E-state index in [1.165, 1.54) is 0 Å². The topological polar surface area (TPSA) is 54.3 Å². The lowest BCUT2D eigenvalue weighted by Gasteiger charge is -2.06. The summed E-state index contributed by atoms with van der Waals surface area (Å²) in [6.07, 6.45) is 3.03. The molecule has 1 aromatic carbocycles. The smallest absolute Gasteiger partial charge is 0.244 e. The first-order valence-corrected chi connectivity index (χ1v) is 6.73. The first kappa shape index (κ1) is 13.8. The molecule has 0 aliphatic carbocycles. The van der Waals surface area contributed by atoms with Gasteiger partial charge in [-0.2, -0.15) is 0 Å². The Bertz CT molecular complexity index is 561. The SMILES string of the molecule is CC(O)c1ccn(CC(=O)Nc2ccc(Br)cc2)c1. The fourth-order valence-corrected chi connectivity index (χ4v) is 1.97. The van der Waals surface area contributed by atoms with Gasteiger partial charge < -0.3 is 15.0 Å². The molecule has 0 fully saturated rings. The van der Waals surface area contributed by atoms with Crippen LogP contribution in [-0.4, -0.2) is 15.6 Å². The molecule has 1 atom stereocenters. The molecule has 19 heavy (non-hydrogen) atoms. The first-order chi connectivity index (χ1) is 9.04. The van der Waals surface area contributed by atoms with Crippen LogP contribution in [0.3, 0.4) is 0 Å². The lowest BCUT2D eigenvalue weighted by atomic mass is 10.2.